The highest BCUT2D eigenvalue weighted by molar-refractivity contribution is 6.18. The summed E-state index contributed by atoms with van der Waals surface area (Å²) in [5, 5.41) is 0. The van der Waals surface area contributed by atoms with Crippen LogP contribution in [0.2, 0.25) is 0 Å². The van der Waals surface area contributed by atoms with Gasteiger partial charge in [-0.2, -0.15) is 0 Å². The molecule has 0 aromatic heterocycles. The fourth-order valence-electron chi connectivity index (χ4n) is 0.928. The van der Waals surface area contributed by atoms with E-state index in [9.17, 15) is 0 Å². The van der Waals surface area contributed by atoms with Crippen molar-refractivity contribution in [1.82, 2.24) is 4.90 Å². The molecule has 0 aliphatic heterocycles. The van der Waals surface area contributed by atoms with Crippen molar-refractivity contribution in [3.8, 4) is 0 Å². The van der Waals surface area contributed by atoms with Gasteiger partial charge in [-0.25, -0.2) is 0 Å². The molecule has 2 heteroatoms. The summed E-state index contributed by atoms with van der Waals surface area (Å²) in [6.07, 6.45) is 1.14. The van der Waals surface area contributed by atoms with Crippen molar-refractivity contribution in [3.05, 3.63) is 0 Å². The lowest BCUT2D eigenvalue weighted by Gasteiger charge is -2.28. The molecule has 1 atom stereocenters. The van der Waals surface area contributed by atoms with Crippen molar-refractivity contribution >= 4 is 11.6 Å². The molecule has 0 aliphatic rings. The van der Waals surface area contributed by atoms with Crippen LogP contribution in [0.4, 0.5) is 0 Å². The van der Waals surface area contributed by atoms with Crippen LogP contribution in [0.25, 0.3) is 0 Å². The van der Waals surface area contributed by atoms with Crippen LogP contribution in [-0.4, -0.2) is 29.9 Å². The minimum absolute atomic E-state index is 0.543. The maximum Gasteiger partial charge on any atom is 0.0379 e. The van der Waals surface area contributed by atoms with Crippen molar-refractivity contribution < 1.29 is 0 Å². The van der Waals surface area contributed by atoms with Gasteiger partial charge in [0.25, 0.3) is 0 Å². The maximum absolute atomic E-state index is 5.76. The van der Waals surface area contributed by atoms with Gasteiger partial charge < -0.3 is 0 Å². The highest BCUT2D eigenvalue weighted by atomic mass is 35.5. The van der Waals surface area contributed by atoms with Crippen molar-refractivity contribution in [2.45, 2.75) is 39.3 Å². The molecule has 0 fully saturated rings. The smallest absolute Gasteiger partial charge is 0.0379 e. The number of hydrogen-bond donors (Lipinski definition) is 0. The lowest BCUT2D eigenvalue weighted by Crippen LogP contribution is -2.37. The van der Waals surface area contributed by atoms with Crippen molar-refractivity contribution in [3.63, 3.8) is 0 Å². The summed E-state index contributed by atoms with van der Waals surface area (Å²) in [6.45, 7) is 6.55. The summed E-state index contributed by atoms with van der Waals surface area (Å²) in [7, 11) is 2.13. The summed E-state index contributed by atoms with van der Waals surface area (Å²) in [5.41, 5.74) is 0. The second kappa shape index (κ2) is 4.97. The van der Waals surface area contributed by atoms with E-state index in [0.29, 0.717) is 12.1 Å². The number of rotatable bonds is 4. The Balaban J connectivity index is 3.76. The molecule has 0 N–H and O–H groups in total. The van der Waals surface area contributed by atoms with E-state index in [4.69, 9.17) is 11.6 Å². The van der Waals surface area contributed by atoms with E-state index in [1.165, 1.54) is 0 Å². The summed E-state index contributed by atoms with van der Waals surface area (Å²) >= 11 is 5.76. The van der Waals surface area contributed by atoms with E-state index in [-0.39, 0.29) is 0 Å². The lowest BCUT2D eigenvalue weighted by atomic mass is 10.2. The van der Waals surface area contributed by atoms with Gasteiger partial charge in [0.05, 0.1) is 0 Å². The molecule has 0 bridgehead atoms. The van der Waals surface area contributed by atoms with Gasteiger partial charge in [0.2, 0.25) is 0 Å². The Morgan fingerprint density at radius 3 is 2.00 bits per heavy atom. The van der Waals surface area contributed by atoms with E-state index in [0.717, 1.165) is 12.3 Å². The van der Waals surface area contributed by atoms with Crippen LogP contribution in [0, 0.1) is 0 Å². The van der Waals surface area contributed by atoms with Gasteiger partial charge in [-0.05, 0) is 27.3 Å². The van der Waals surface area contributed by atoms with Gasteiger partial charge in [-0.15, -0.1) is 11.6 Å². The predicted molar refractivity (Wildman–Crippen MR) is 47.7 cm³/mol. The monoisotopic (exact) mass is 163 g/mol. The van der Waals surface area contributed by atoms with Crippen LogP contribution in [0.1, 0.15) is 27.2 Å². The van der Waals surface area contributed by atoms with E-state index in [2.05, 4.69) is 32.7 Å². The fraction of sp³-hybridized carbons (Fsp3) is 1.00. The minimum atomic E-state index is 0.543. The Labute approximate surface area is 69.4 Å². The molecule has 0 radical (unpaired) electrons. The van der Waals surface area contributed by atoms with Crippen LogP contribution in [-0.2, 0) is 0 Å². The van der Waals surface area contributed by atoms with Gasteiger partial charge in [0.15, 0.2) is 0 Å². The topological polar surface area (TPSA) is 3.24 Å². The normalized spacial score (nSPS) is 14.7. The zero-order valence-electron chi connectivity index (χ0n) is 7.39. The Hall–Kier alpha value is 0.250. The van der Waals surface area contributed by atoms with E-state index >= 15 is 0 Å². The lowest BCUT2D eigenvalue weighted by molar-refractivity contribution is 0.206. The predicted octanol–water partition coefficient (Wildman–Crippen LogP) is 2.34. The molecule has 0 heterocycles. The standard InChI is InChI=1S/C8H18ClN/c1-5-8(6-9)10(4)7(2)3/h7-8H,5-6H2,1-4H3. The Morgan fingerprint density at radius 1 is 1.40 bits per heavy atom. The zero-order chi connectivity index (χ0) is 8.15. The van der Waals surface area contributed by atoms with E-state index < -0.39 is 0 Å². The molecule has 0 saturated carbocycles. The molecular formula is C8H18ClN. The zero-order valence-corrected chi connectivity index (χ0v) is 8.15. The average Bonchev–Trinajstić information content (AvgIpc) is 1.90. The van der Waals surface area contributed by atoms with Gasteiger partial charge in [0, 0.05) is 18.0 Å². The summed E-state index contributed by atoms with van der Waals surface area (Å²) in [5.74, 6) is 0.741. The van der Waals surface area contributed by atoms with Crippen molar-refractivity contribution in [1.29, 1.82) is 0 Å². The first-order valence-corrected chi connectivity index (χ1v) is 4.44. The SMILES string of the molecule is CCC(CCl)N(C)C(C)C. The molecule has 0 spiro atoms. The quantitative estimate of drug-likeness (QED) is 0.576. The molecule has 62 valence electrons. The van der Waals surface area contributed by atoms with Gasteiger partial charge in [-0.3, -0.25) is 4.90 Å². The molecule has 0 aromatic rings. The van der Waals surface area contributed by atoms with E-state index in [1.54, 1.807) is 0 Å². The summed E-state index contributed by atoms with van der Waals surface area (Å²) in [6, 6.07) is 1.14. The molecule has 0 aliphatic carbocycles. The molecular weight excluding hydrogens is 146 g/mol. The second-order valence-electron chi connectivity index (χ2n) is 2.98. The van der Waals surface area contributed by atoms with Gasteiger partial charge in [0.1, 0.15) is 0 Å². The third-order valence-electron chi connectivity index (χ3n) is 2.04. The van der Waals surface area contributed by atoms with Gasteiger partial charge >= 0.3 is 0 Å². The first-order chi connectivity index (χ1) is 4.63. The highest BCUT2D eigenvalue weighted by Crippen LogP contribution is 2.07. The molecule has 1 unspecified atom stereocenters. The first kappa shape index (κ1) is 10.2. The number of hydrogen-bond acceptors (Lipinski definition) is 1. The molecule has 0 rings (SSSR count). The Kier molecular flexibility index (Phi) is 5.10. The third-order valence-corrected chi connectivity index (χ3v) is 2.40. The Morgan fingerprint density at radius 2 is 1.90 bits per heavy atom. The first-order valence-electron chi connectivity index (χ1n) is 3.91. The summed E-state index contributed by atoms with van der Waals surface area (Å²) < 4.78 is 0. The molecule has 10 heavy (non-hydrogen) atoms. The largest absolute Gasteiger partial charge is 0.300 e. The number of halogens is 1. The van der Waals surface area contributed by atoms with Crippen LogP contribution < -0.4 is 0 Å². The highest BCUT2D eigenvalue weighted by Gasteiger charge is 2.12. The Bertz CT molecular complexity index is 79.3. The van der Waals surface area contributed by atoms with E-state index in [1.807, 2.05) is 0 Å². The molecule has 0 aromatic carbocycles. The second-order valence-corrected chi connectivity index (χ2v) is 3.28. The van der Waals surface area contributed by atoms with Crippen LogP contribution >= 0.6 is 11.6 Å². The molecule has 0 amide bonds. The molecule has 1 nitrogen and oxygen atoms in total. The average molecular weight is 164 g/mol. The van der Waals surface area contributed by atoms with Crippen LogP contribution in [0.5, 0.6) is 0 Å². The van der Waals surface area contributed by atoms with Crippen molar-refractivity contribution in [2.75, 3.05) is 12.9 Å². The number of alkyl halides is 1. The number of nitrogens with zero attached hydrogens (tertiary/aromatic N) is 1. The fourth-order valence-corrected chi connectivity index (χ4v) is 1.36. The van der Waals surface area contributed by atoms with Crippen molar-refractivity contribution in [2.24, 2.45) is 0 Å². The minimum Gasteiger partial charge on any atom is -0.300 e. The third kappa shape index (κ3) is 2.89. The summed E-state index contributed by atoms with van der Waals surface area (Å²) in [4.78, 5) is 2.31. The molecule has 0 saturated heterocycles. The van der Waals surface area contributed by atoms with Crippen LogP contribution in [0.15, 0.2) is 0 Å². The van der Waals surface area contributed by atoms with Gasteiger partial charge in [-0.1, -0.05) is 6.92 Å². The van der Waals surface area contributed by atoms with Crippen LogP contribution in [0.3, 0.4) is 0 Å². The maximum atomic E-state index is 5.76.